The van der Waals surface area contributed by atoms with Crippen LogP contribution in [-0.4, -0.2) is 40.5 Å². The normalized spacial score (nSPS) is 15.9. The molecule has 1 N–H and O–H groups in total. The molecule has 2 aliphatic rings. The lowest BCUT2D eigenvalue weighted by Gasteiger charge is -2.36. The van der Waals surface area contributed by atoms with Crippen LogP contribution in [0, 0.1) is 0 Å². The van der Waals surface area contributed by atoms with Crippen LogP contribution in [0.25, 0.3) is 16.8 Å². The molecule has 0 bridgehead atoms. The summed E-state index contributed by atoms with van der Waals surface area (Å²) in [6.07, 6.45) is 5.49. The minimum Gasteiger partial charge on any atom is -0.497 e. The average molecular weight is 496 g/mol. The first-order valence-corrected chi connectivity index (χ1v) is 12.7. The van der Waals surface area contributed by atoms with Crippen LogP contribution in [0.3, 0.4) is 0 Å². The van der Waals surface area contributed by atoms with Crippen LogP contribution < -0.4 is 19.5 Å². The van der Waals surface area contributed by atoms with E-state index in [2.05, 4.69) is 78.1 Å². The summed E-state index contributed by atoms with van der Waals surface area (Å²) in [5.74, 6) is 2.49. The zero-order valence-electron chi connectivity index (χ0n) is 21.4. The van der Waals surface area contributed by atoms with Crippen LogP contribution >= 0.6 is 0 Å². The number of hydrogen-bond donors (Lipinski definition) is 1. The quantitative estimate of drug-likeness (QED) is 0.365. The van der Waals surface area contributed by atoms with Gasteiger partial charge in [-0.05, 0) is 66.2 Å². The molecule has 6 rings (SSSR count). The number of rotatable bonds is 4. The van der Waals surface area contributed by atoms with Gasteiger partial charge < -0.3 is 24.3 Å². The summed E-state index contributed by atoms with van der Waals surface area (Å²) in [5, 5.41) is 5.61. The van der Waals surface area contributed by atoms with Crippen LogP contribution in [0.15, 0.2) is 91.0 Å². The van der Waals surface area contributed by atoms with Gasteiger partial charge in [-0.25, -0.2) is 0 Å². The van der Waals surface area contributed by atoms with Crippen LogP contribution in [0.1, 0.15) is 23.1 Å². The van der Waals surface area contributed by atoms with Crippen molar-refractivity contribution in [1.82, 2.24) is 5.32 Å². The Balaban J connectivity index is 0.000000348. The van der Waals surface area contributed by atoms with Crippen molar-refractivity contribution in [2.24, 2.45) is 0 Å². The minimum absolute atomic E-state index is 0.742. The van der Waals surface area contributed by atoms with Crippen molar-refractivity contribution in [3.8, 4) is 17.2 Å². The van der Waals surface area contributed by atoms with E-state index in [4.69, 9.17) is 18.9 Å². The van der Waals surface area contributed by atoms with Gasteiger partial charge in [0.2, 0.25) is 0 Å². The molecule has 1 saturated heterocycles. The Morgan fingerprint density at radius 2 is 1.41 bits per heavy atom. The molecule has 0 radical (unpaired) electrons. The maximum absolute atomic E-state index is 6.78. The van der Waals surface area contributed by atoms with E-state index in [1.54, 1.807) is 14.2 Å². The van der Waals surface area contributed by atoms with Crippen molar-refractivity contribution >= 4 is 16.8 Å². The molecule has 37 heavy (non-hydrogen) atoms. The maximum atomic E-state index is 6.78. The Bertz CT molecular complexity index is 1280. The summed E-state index contributed by atoms with van der Waals surface area (Å²) in [6.45, 7) is 3.98. The van der Waals surface area contributed by atoms with Crippen LogP contribution in [0.4, 0.5) is 0 Å². The standard InChI is InChI=1S/C27H22O3.C5H11NO/c1-28-22-12-8-20(9-13-22)27(21-10-14-23(29-2)15-11-21)18-17-25-24-6-4-3-5-19(24)7-16-26(25)30-27;1-2-6-3-5-7-4-1/h3-18H,1-2H3;6H,1-5H2. The highest BCUT2D eigenvalue weighted by atomic mass is 16.5. The van der Waals surface area contributed by atoms with Gasteiger partial charge in [0, 0.05) is 29.8 Å². The first-order valence-electron chi connectivity index (χ1n) is 12.7. The Morgan fingerprint density at radius 1 is 0.730 bits per heavy atom. The van der Waals surface area contributed by atoms with Gasteiger partial charge in [0.15, 0.2) is 5.60 Å². The maximum Gasteiger partial charge on any atom is 0.178 e. The van der Waals surface area contributed by atoms with Crippen molar-refractivity contribution in [3.05, 3.63) is 108 Å². The fourth-order valence-electron chi connectivity index (χ4n) is 4.77. The van der Waals surface area contributed by atoms with Crippen LogP contribution in [-0.2, 0) is 10.3 Å². The lowest BCUT2D eigenvalue weighted by Crippen LogP contribution is -2.34. The van der Waals surface area contributed by atoms with Crippen LogP contribution in [0.2, 0.25) is 0 Å². The predicted molar refractivity (Wildman–Crippen MR) is 149 cm³/mol. The minimum atomic E-state index is -0.742. The van der Waals surface area contributed by atoms with E-state index in [1.165, 1.54) is 17.2 Å². The predicted octanol–water partition coefficient (Wildman–Crippen LogP) is 6.20. The smallest absolute Gasteiger partial charge is 0.178 e. The molecule has 4 aromatic carbocycles. The second kappa shape index (κ2) is 11.5. The van der Waals surface area contributed by atoms with Crippen LogP contribution in [0.5, 0.6) is 17.2 Å². The third-order valence-corrected chi connectivity index (χ3v) is 6.79. The molecule has 5 heteroatoms. The zero-order valence-corrected chi connectivity index (χ0v) is 21.4. The first kappa shape index (κ1) is 24.9. The second-order valence-corrected chi connectivity index (χ2v) is 9.04. The van der Waals surface area contributed by atoms with E-state index in [0.29, 0.717) is 0 Å². The number of hydrogen-bond acceptors (Lipinski definition) is 5. The monoisotopic (exact) mass is 495 g/mol. The molecule has 0 spiro atoms. The summed E-state index contributed by atoms with van der Waals surface area (Å²) in [4.78, 5) is 0. The molecule has 2 aliphatic heterocycles. The lowest BCUT2D eigenvalue weighted by molar-refractivity contribution is 0.151. The lowest BCUT2D eigenvalue weighted by atomic mass is 9.83. The van der Waals surface area contributed by atoms with Crippen molar-refractivity contribution in [2.45, 2.75) is 12.0 Å². The largest absolute Gasteiger partial charge is 0.497 e. The molecule has 5 nitrogen and oxygen atoms in total. The van der Waals surface area contributed by atoms with E-state index < -0.39 is 5.60 Å². The molecule has 0 saturated carbocycles. The number of methoxy groups -OCH3 is 2. The SMILES string of the molecule is C1CNCCOC1.COc1ccc(C2(c3ccc(OC)cc3)C=Cc3c(ccc4ccccc34)O2)cc1. The molecule has 0 atom stereocenters. The van der Waals surface area contributed by atoms with Crippen molar-refractivity contribution in [1.29, 1.82) is 0 Å². The van der Waals surface area contributed by atoms with Crippen molar-refractivity contribution < 1.29 is 18.9 Å². The highest BCUT2D eigenvalue weighted by Gasteiger charge is 2.37. The Kier molecular flexibility index (Phi) is 7.73. The van der Waals surface area contributed by atoms with Gasteiger partial charge in [-0.1, -0.05) is 54.6 Å². The third kappa shape index (κ3) is 5.33. The number of fused-ring (bicyclic) bond motifs is 3. The molecule has 4 aromatic rings. The van der Waals surface area contributed by atoms with Crippen molar-refractivity contribution in [2.75, 3.05) is 40.5 Å². The summed E-state index contributed by atoms with van der Waals surface area (Å²) < 4.78 is 22.6. The van der Waals surface area contributed by atoms with E-state index in [1.807, 2.05) is 24.3 Å². The van der Waals surface area contributed by atoms with Gasteiger partial charge in [-0.2, -0.15) is 0 Å². The zero-order chi connectivity index (χ0) is 25.5. The van der Waals surface area contributed by atoms with E-state index in [0.717, 1.165) is 60.2 Å². The molecule has 0 amide bonds. The molecule has 0 aliphatic carbocycles. The molecule has 2 heterocycles. The second-order valence-electron chi connectivity index (χ2n) is 9.04. The van der Waals surface area contributed by atoms with Gasteiger partial charge in [0.05, 0.1) is 20.8 Å². The van der Waals surface area contributed by atoms with Gasteiger partial charge in [0.25, 0.3) is 0 Å². The highest BCUT2D eigenvalue weighted by Crippen LogP contribution is 2.44. The Hall–Kier alpha value is -3.80. The number of nitrogens with one attached hydrogen (secondary N) is 1. The first-order chi connectivity index (χ1) is 18.2. The molecule has 0 unspecified atom stereocenters. The Labute approximate surface area is 218 Å². The van der Waals surface area contributed by atoms with E-state index in [-0.39, 0.29) is 0 Å². The topological polar surface area (TPSA) is 49.0 Å². The van der Waals surface area contributed by atoms with E-state index >= 15 is 0 Å². The Morgan fingerprint density at radius 3 is 2.08 bits per heavy atom. The van der Waals surface area contributed by atoms with Gasteiger partial charge >= 0.3 is 0 Å². The summed E-state index contributed by atoms with van der Waals surface area (Å²) in [6, 6.07) is 28.6. The highest BCUT2D eigenvalue weighted by molar-refractivity contribution is 5.94. The fraction of sp³-hybridized carbons (Fsp3) is 0.250. The molecule has 190 valence electrons. The summed E-state index contributed by atoms with van der Waals surface area (Å²) in [7, 11) is 3.35. The summed E-state index contributed by atoms with van der Waals surface area (Å²) >= 11 is 0. The van der Waals surface area contributed by atoms with Gasteiger partial charge in [-0.15, -0.1) is 0 Å². The average Bonchev–Trinajstić information content (AvgIpc) is 3.31. The van der Waals surface area contributed by atoms with Gasteiger partial charge in [0.1, 0.15) is 17.2 Å². The van der Waals surface area contributed by atoms with Gasteiger partial charge in [-0.3, -0.25) is 0 Å². The molecule has 0 aromatic heterocycles. The summed E-state index contributed by atoms with van der Waals surface area (Å²) in [5.41, 5.74) is 2.42. The number of ether oxygens (including phenoxy) is 4. The van der Waals surface area contributed by atoms with Crippen molar-refractivity contribution in [3.63, 3.8) is 0 Å². The fourth-order valence-corrected chi connectivity index (χ4v) is 4.77. The molecule has 1 fully saturated rings. The van der Waals surface area contributed by atoms with E-state index in [9.17, 15) is 0 Å². The third-order valence-electron chi connectivity index (χ3n) is 6.79. The molecular formula is C32H33NO4. The molecular weight excluding hydrogens is 462 g/mol. The number of benzene rings is 4.